The summed E-state index contributed by atoms with van der Waals surface area (Å²) in [6, 6.07) is 0. The largest absolute Gasteiger partial charge is 0.394 e. The summed E-state index contributed by atoms with van der Waals surface area (Å²) in [5.41, 5.74) is 0.159. The molecule has 1 heterocycles. The van der Waals surface area contributed by atoms with Gasteiger partial charge in [-0.15, -0.1) is 0 Å². The highest BCUT2D eigenvalue weighted by molar-refractivity contribution is 4.79. The summed E-state index contributed by atoms with van der Waals surface area (Å²) in [5.74, 6) is 0. The minimum Gasteiger partial charge on any atom is -0.394 e. The van der Waals surface area contributed by atoms with Crippen LogP contribution in [0.3, 0.4) is 0 Å². The monoisotopic (exact) mass is 244 g/mol. The van der Waals surface area contributed by atoms with E-state index in [0.717, 1.165) is 19.3 Å². The first-order valence-corrected chi connectivity index (χ1v) is 6.62. The van der Waals surface area contributed by atoms with E-state index in [-0.39, 0.29) is 29.8 Å². The molecule has 3 heteroatoms. The van der Waals surface area contributed by atoms with Gasteiger partial charge in [-0.05, 0) is 38.5 Å². The van der Waals surface area contributed by atoms with Gasteiger partial charge in [-0.1, -0.05) is 20.8 Å². The Morgan fingerprint density at radius 3 is 2.18 bits per heavy atom. The number of rotatable bonds is 5. The molecule has 1 saturated heterocycles. The third kappa shape index (κ3) is 5.84. The molecule has 1 aliphatic heterocycles. The van der Waals surface area contributed by atoms with E-state index in [4.69, 9.17) is 14.6 Å². The van der Waals surface area contributed by atoms with Gasteiger partial charge < -0.3 is 14.6 Å². The van der Waals surface area contributed by atoms with Crippen molar-refractivity contribution < 1.29 is 14.6 Å². The second kappa shape index (κ2) is 5.68. The van der Waals surface area contributed by atoms with Crippen LogP contribution < -0.4 is 0 Å². The second-order valence-electron chi connectivity index (χ2n) is 6.95. The molecular weight excluding hydrogens is 216 g/mol. The van der Waals surface area contributed by atoms with E-state index < -0.39 is 0 Å². The molecule has 0 saturated carbocycles. The van der Waals surface area contributed by atoms with E-state index in [1.165, 1.54) is 0 Å². The lowest BCUT2D eigenvalue weighted by Gasteiger charge is -2.33. The fourth-order valence-corrected chi connectivity index (χ4v) is 2.68. The molecule has 1 rings (SSSR count). The minimum atomic E-state index is -0.112. The smallest absolute Gasteiger partial charge is 0.0814 e. The fourth-order valence-electron chi connectivity index (χ4n) is 2.68. The summed E-state index contributed by atoms with van der Waals surface area (Å²) in [7, 11) is 0. The number of aliphatic hydroxyl groups excluding tert-OH is 1. The van der Waals surface area contributed by atoms with Gasteiger partial charge in [0, 0.05) is 0 Å². The summed E-state index contributed by atoms with van der Waals surface area (Å²) in [4.78, 5) is 0. The predicted molar refractivity (Wildman–Crippen MR) is 69.1 cm³/mol. The SMILES string of the molecule is CC(C)(C)CC(C)(C)OCC1CCC(CO)O1. The molecule has 1 fully saturated rings. The Hall–Kier alpha value is -0.120. The molecule has 0 aromatic carbocycles. The van der Waals surface area contributed by atoms with Gasteiger partial charge in [-0.25, -0.2) is 0 Å². The standard InChI is InChI=1S/C14H28O3/c1-13(2,3)10-14(4,5)16-9-12-7-6-11(8-15)17-12/h11-12,15H,6-10H2,1-5H3. The minimum absolute atomic E-state index is 0.0225. The molecule has 0 aromatic rings. The molecule has 0 spiro atoms. The molecule has 0 aliphatic carbocycles. The van der Waals surface area contributed by atoms with Crippen LogP contribution >= 0.6 is 0 Å². The fraction of sp³-hybridized carbons (Fsp3) is 1.00. The van der Waals surface area contributed by atoms with Crippen LogP contribution in [0.25, 0.3) is 0 Å². The number of aliphatic hydroxyl groups is 1. The summed E-state index contributed by atoms with van der Waals surface area (Å²) in [6.07, 6.45) is 3.15. The van der Waals surface area contributed by atoms with Gasteiger partial charge in [0.1, 0.15) is 0 Å². The molecule has 2 unspecified atom stereocenters. The van der Waals surface area contributed by atoms with Gasteiger partial charge in [-0.3, -0.25) is 0 Å². The molecule has 0 amide bonds. The third-order valence-electron chi connectivity index (χ3n) is 3.02. The Kier molecular flexibility index (Phi) is 4.99. The maximum atomic E-state index is 9.00. The lowest BCUT2D eigenvalue weighted by molar-refractivity contribution is -0.0952. The van der Waals surface area contributed by atoms with Gasteiger partial charge >= 0.3 is 0 Å². The highest BCUT2D eigenvalue weighted by atomic mass is 16.6. The number of ether oxygens (including phenoxy) is 2. The molecule has 1 aliphatic rings. The zero-order valence-electron chi connectivity index (χ0n) is 12.0. The lowest BCUT2D eigenvalue weighted by Crippen LogP contribution is -2.33. The van der Waals surface area contributed by atoms with Crippen molar-refractivity contribution >= 4 is 0 Å². The summed E-state index contributed by atoms with van der Waals surface area (Å²) >= 11 is 0. The van der Waals surface area contributed by atoms with Crippen molar-refractivity contribution in [1.29, 1.82) is 0 Å². The summed E-state index contributed by atoms with van der Waals surface area (Å²) in [6.45, 7) is 11.7. The van der Waals surface area contributed by atoms with Crippen molar-refractivity contribution in [2.75, 3.05) is 13.2 Å². The average molecular weight is 244 g/mol. The van der Waals surface area contributed by atoms with E-state index in [9.17, 15) is 0 Å². The Labute approximate surface area is 105 Å². The van der Waals surface area contributed by atoms with Crippen LogP contribution in [0.15, 0.2) is 0 Å². The van der Waals surface area contributed by atoms with Crippen molar-refractivity contribution in [2.24, 2.45) is 5.41 Å². The van der Waals surface area contributed by atoms with Crippen LogP contribution in [0.5, 0.6) is 0 Å². The topological polar surface area (TPSA) is 38.7 Å². The molecule has 1 N–H and O–H groups in total. The number of hydrogen-bond donors (Lipinski definition) is 1. The van der Waals surface area contributed by atoms with E-state index >= 15 is 0 Å². The Morgan fingerprint density at radius 1 is 1.12 bits per heavy atom. The van der Waals surface area contributed by atoms with Crippen molar-refractivity contribution in [1.82, 2.24) is 0 Å². The molecule has 3 nitrogen and oxygen atoms in total. The first kappa shape index (κ1) is 14.9. The molecule has 2 atom stereocenters. The zero-order valence-corrected chi connectivity index (χ0v) is 12.0. The normalized spacial score (nSPS) is 26.5. The highest BCUT2D eigenvalue weighted by Gasteiger charge is 2.30. The van der Waals surface area contributed by atoms with E-state index in [0.29, 0.717) is 6.61 Å². The Balaban J connectivity index is 2.30. The maximum absolute atomic E-state index is 9.00. The Bertz CT molecular complexity index is 230. The first-order valence-electron chi connectivity index (χ1n) is 6.62. The quantitative estimate of drug-likeness (QED) is 0.808. The molecule has 102 valence electrons. The van der Waals surface area contributed by atoms with Gasteiger partial charge in [0.15, 0.2) is 0 Å². The zero-order chi connectivity index (χ0) is 13.1. The van der Waals surface area contributed by atoms with Gasteiger partial charge in [-0.2, -0.15) is 0 Å². The van der Waals surface area contributed by atoms with E-state index in [2.05, 4.69) is 34.6 Å². The van der Waals surface area contributed by atoms with E-state index in [1.807, 2.05) is 0 Å². The second-order valence-corrected chi connectivity index (χ2v) is 6.95. The highest BCUT2D eigenvalue weighted by Crippen LogP contribution is 2.30. The molecular formula is C14H28O3. The maximum Gasteiger partial charge on any atom is 0.0814 e. The van der Waals surface area contributed by atoms with Crippen LogP contribution in [0.4, 0.5) is 0 Å². The van der Waals surface area contributed by atoms with E-state index in [1.54, 1.807) is 0 Å². The lowest BCUT2D eigenvalue weighted by atomic mass is 9.83. The third-order valence-corrected chi connectivity index (χ3v) is 3.02. The van der Waals surface area contributed by atoms with Gasteiger partial charge in [0.2, 0.25) is 0 Å². The summed E-state index contributed by atoms with van der Waals surface area (Å²) < 4.78 is 11.6. The molecule has 0 aromatic heterocycles. The van der Waals surface area contributed by atoms with Gasteiger partial charge in [0.25, 0.3) is 0 Å². The van der Waals surface area contributed by atoms with Crippen molar-refractivity contribution in [2.45, 2.75) is 71.7 Å². The summed E-state index contributed by atoms with van der Waals surface area (Å²) in [5, 5.41) is 9.00. The van der Waals surface area contributed by atoms with Crippen LogP contribution in [0.1, 0.15) is 53.9 Å². The van der Waals surface area contributed by atoms with Crippen molar-refractivity contribution in [3.63, 3.8) is 0 Å². The number of hydrogen-bond acceptors (Lipinski definition) is 3. The van der Waals surface area contributed by atoms with Crippen LogP contribution in [0.2, 0.25) is 0 Å². The molecule has 0 bridgehead atoms. The van der Waals surface area contributed by atoms with Crippen LogP contribution in [0, 0.1) is 5.41 Å². The van der Waals surface area contributed by atoms with Crippen molar-refractivity contribution in [3.05, 3.63) is 0 Å². The average Bonchev–Trinajstić information content (AvgIpc) is 2.58. The van der Waals surface area contributed by atoms with Crippen LogP contribution in [-0.4, -0.2) is 36.1 Å². The van der Waals surface area contributed by atoms with Crippen LogP contribution in [-0.2, 0) is 9.47 Å². The first-order chi connectivity index (χ1) is 7.72. The van der Waals surface area contributed by atoms with Gasteiger partial charge in [0.05, 0.1) is 31.0 Å². The Morgan fingerprint density at radius 2 is 1.71 bits per heavy atom. The van der Waals surface area contributed by atoms with Crippen molar-refractivity contribution in [3.8, 4) is 0 Å². The molecule has 0 radical (unpaired) electrons. The predicted octanol–water partition coefficient (Wildman–Crippen LogP) is 2.76. The molecule has 17 heavy (non-hydrogen) atoms.